The third-order valence-corrected chi connectivity index (χ3v) is 6.25. The van der Waals surface area contributed by atoms with Crippen molar-refractivity contribution < 1.29 is 8.42 Å². The van der Waals surface area contributed by atoms with E-state index in [1.54, 1.807) is 18.2 Å². The van der Waals surface area contributed by atoms with Crippen LogP contribution in [0.4, 0.5) is 0 Å². The van der Waals surface area contributed by atoms with Gasteiger partial charge in [0.2, 0.25) is 10.0 Å². The van der Waals surface area contributed by atoms with E-state index in [0.29, 0.717) is 19.1 Å². The number of hydrogen-bond acceptors (Lipinski definition) is 3. The Kier molecular flexibility index (Phi) is 4.89. The number of nitrogens with zero attached hydrogens (tertiary/aromatic N) is 1. The zero-order valence-electron chi connectivity index (χ0n) is 10.6. The minimum Gasteiger partial charge on any atom is -0.317 e. The van der Waals surface area contributed by atoms with E-state index in [2.05, 4.69) is 21.2 Å². The molecule has 7 heteroatoms. The normalized spacial score (nSPS) is 18.7. The summed E-state index contributed by atoms with van der Waals surface area (Å²) in [6.07, 6.45) is 1.65. The molecule has 19 heavy (non-hydrogen) atoms. The third kappa shape index (κ3) is 3.31. The highest BCUT2D eigenvalue weighted by molar-refractivity contribution is 9.10. The van der Waals surface area contributed by atoms with E-state index in [4.69, 9.17) is 11.6 Å². The molecule has 0 unspecified atom stereocenters. The molecule has 1 N–H and O–H groups in total. The van der Waals surface area contributed by atoms with Crippen molar-refractivity contribution in [1.29, 1.82) is 0 Å². The van der Waals surface area contributed by atoms with Crippen LogP contribution in [-0.4, -0.2) is 38.9 Å². The lowest BCUT2D eigenvalue weighted by Gasteiger charge is -2.31. The Labute approximate surface area is 127 Å². The number of piperidine rings is 1. The average molecular weight is 368 g/mol. The van der Waals surface area contributed by atoms with Crippen LogP contribution in [-0.2, 0) is 10.0 Å². The standard InChI is InChI=1S/C12H16BrClN2O2S/c1-15-10-4-6-16(7-5-10)19(17,18)12-3-2-9(13)8-11(12)14/h2-3,8,10,15H,4-7H2,1H3. The molecule has 1 aliphatic rings. The van der Waals surface area contributed by atoms with E-state index in [0.717, 1.165) is 17.3 Å². The Morgan fingerprint density at radius 3 is 2.53 bits per heavy atom. The number of benzene rings is 1. The molecule has 0 radical (unpaired) electrons. The summed E-state index contributed by atoms with van der Waals surface area (Å²) in [7, 11) is -1.59. The van der Waals surface area contributed by atoms with Crippen LogP contribution in [0.5, 0.6) is 0 Å². The lowest BCUT2D eigenvalue weighted by Crippen LogP contribution is -2.43. The van der Waals surface area contributed by atoms with Gasteiger partial charge in [-0.25, -0.2) is 8.42 Å². The van der Waals surface area contributed by atoms with Gasteiger partial charge in [-0.2, -0.15) is 4.31 Å². The van der Waals surface area contributed by atoms with Crippen molar-refractivity contribution >= 4 is 37.6 Å². The molecule has 1 saturated heterocycles. The highest BCUT2D eigenvalue weighted by Crippen LogP contribution is 2.29. The fourth-order valence-corrected chi connectivity index (χ4v) is 4.69. The summed E-state index contributed by atoms with van der Waals surface area (Å²) in [6, 6.07) is 5.24. The fourth-order valence-electron chi connectivity index (χ4n) is 2.21. The molecule has 0 bridgehead atoms. The zero-order valence-corrected chi connectivity index (χ0v) is 13.7. The second kappa shape index (κ2) is 6.10. The molecular weight excluding hydrogens is 352 g/mol. The molecule has 2 rings (SSSR count). The number of halogens is 2. The molecule has 1 aromatic carbocycles. The SMILES string of the molecule is CNC1CCN(S(=O)(=O)c2ccc(Br)cc2Cl)CC1. The Hall–Kier alpha value is -0.140. The van der Waals surface area contributed by atoms with Gasteiger partial charge < -0.3 is 5.32 Å². The Bertz CT molecular complexity index is 557. The quantitative estimate of drug-likeness (QED) is 0.893. The molecule has 0 spiro atoms. The van der Waals surface area contributed by atoms with Crippen molar-refractivity contribution in [1.82, 2.24) is 9.62 Å². The molecule has 4 nitrogen and oxygen atoms in total. The second-order valence-corrected chi connectivity index (χ2v) is 7.77. The Morgan fingerprint density at radius 2 is 2.00 bits per heavy atom. The molecule has 0 aliphatic carbocycles. The molecule has 0 aromatic heterocycles. The first-order valence-corrected chi connectivity index (χ1v) is 8.68. The van der Waals surface area contributed by atoms with Crippen LogP contribution in [0, 0.1) is 0 Å². The predicted molar refractivity (Wildman–Crippen MR) is 80.0 cm³/mol. The number of rotatable bonds is 3. The zero-order chi connectivity index (χ0) is 14.0. The Balaban J connectivity index is 2.23. The highest BCUT2D eigenvalue weighted by Gasteiger charge is 2.30. The summed E-state index contributed by atoms with van der Waals surface area (Å²) >= 11 is 9.32. The minimum atomic E-state index is -3.49. The van der Waals surface area contributed by atoms with E-state index >= 15 is 0 Å². The molecule has 0 atom stereocenters. The van der Waals surface area contributed by atoms with Gasteiger partial charge in [-0.1, -0.05) is 27.5 Å². The first kappa shape index (κ1) is 15.3. The summed E-state index contributed by atoms with van der Waals surface area (Å²) in [4.78, 5) is 0.181. The summed E-state index contributed by atoms with van der Waals surface area (Å²) < 4.78 is 27.3. The molecular formula is C12H16BrClN2O2S. The number of sulfonamides is 1. The van der Waals surface area contributed by atoms with E-state index < -0.39 is 10.0 Å². The van der Waals surface area contributed by atoms with E-state index in [1.165, 1.54) is 4.31 Å². The monoisotopic (exact) mass is 366 g/mol. The first-order chi connectivity index (χ1) is 8.95. The van der Waals surface area contributed by atoms with Crippen LogP contribution < -0.4 is 5.32 Å². The van der Waals surface area contributed by atoms with Gasteiger partial charge in [0.05, 0.1) is 5.02 Å². The van der Waals surface area contributed by atoms with Crippen molar-refractivity contribution in [2.75, 3.05) is 20.1 Å². The van der Waals surface area contributed by atoms with Crippen LogP contribution in [0.2, 0.25) is 5.02 Å². The second-order valence-electron chi connectivity index (χ2n) is 4.54. The molecule has 1 fully saturated rings. The summed E-state index contributed by atoms with van der Waals surface area (Å²) in [5, 5.41) is 3.44. The van der Waals surface area contributed by atoms with Crippen LogP contribution >= 0.6 is 27.5 Å². The van der Waals surface area contributed by atoms with Crippen LogP contribution in [0.1, 0.15) is 12.8 Å². The van der Waals surface area contributed by atoms with E-state index in [1.807, 2.05) is 7.05 Å². The van der Waals surface area contributed by atoms with E-state index in [-0.39, 0.29) is 9.92 Å². The number of nitrogens with one attached hydrogen (secondary N) is 1. The minimum absolute atomic E-state index is 0.181. The van der Waals surface area contributed by atoms with Crippen molar-refractivity contribution in [3.8, 4) is 0 Å². The van der Waals surface area contributed by atoms with E-state index in [9.17, 15) is 8.42 Å². The maximum absolute atomic E-state index is 12.5. The summed E-state index contributed by atoms with van der Waals surface area (Å²) in [5.41, 5.74) is 0. The van der Waals surface area contributed by atoms with Crippen LogP contribution in [0.3, 0.4) is 0 Å². The largest absolute Gasteiger partial charge is 0.317 e. The van der Waals surface area contributed by atoms with Crippen LogP contribution in [0.15, 0.2) is 27.6 Å². The molecule has 0 amide bonds. The van der Waals surface area contributed by atoms with Crippen molar-refractivity contribution in [2.45, 2.75) is 23.8 Å². The van der Waals surface area contributed by atoms with Gasteiger partial charge in [0.1, 0.15) is 4.90 Å². The average Bonchev–Trinajstić information content (AvgIpc) is 2.38. The van der Waals surface area contributed by atoms with Gasteiger partial charge in [-0.05, 0) is 38.1 Å². The van der Waals surface area contributed by atoms with Crippen molar-refractivity contribution in [2.24, 2.45) is 0 Å². The molecule has 1 heterocycles. The molecule has 1 aromatic rings. The summed E-state index contributed by atoms with van der Waals surface area (Å²) in [6.45, 7) is 1.06. The number of hydrogen-bond donors (Lipinski definition) is 1. The maximum atomic E-state index is 12.5. The van der Waals surface area contributed by atoms with Gasteiger partial charge in [-0.15, -0.1) is 0 Å². The lowest BCUT2D eigenvalue weighted by atomic mass is 10.1. The van der Waals surface area contributed by atoms with Crippen LogP contribution in [0.25, 0.3) is 0 Å². The van der Waals surface area contributed by atoms with Crippen molar-refractivity contribution in [3.05, 3.63) is 27.7 Å². The summed E-state index contributed by atoms with van der Waals surface area (Å²) in [5.74, 6) is 0. The Morgan fingerprint density at radius 1 is 1.37 bits per heavy atom. The van der Waals surface area contributed by atoms with Gasteiger partial charge in [0.15, 0.2) is 0 Å². The molecule has 0 saturated carbocycles. The van der Waals surface area contributed by atoms with Gasteiger partial charge in [0.25, 0.3) is 0 Å². The van der Waals surface area contributed by atoms with Gasteiger partial charge in [-0.3, -0.25) is 0 Å². The third-order valence-electron chi connectivity index (χ3n) is 3.37. The smallest absolute Gasteiger partial charge is 0.244 e. The predicted octanol–water partition coefficient (Wildman–Crippen LogP) is 2.48. The van der Waals surface area contributed by atoms with Crippen molar-refractivity contribution in [3.63, 3.8) is 0 Å². The maximum Gasteiger partial charge on any atom is 0.244 e. The highest BCUT2D eigenvalue weighted by atomic mass is 79.9. The van der Waals surface area contributed by atoms with Gasteiger partial charge >= 0.3 is 0 Å². The fraction of sp³-hybridized carbons (Fsp3) is 0.500. The molecule has 106 valence electrons. The first-order valence-electron chi connectivity index (χ1n) is 6.07. The molecule has 1 aliphatic heterocycles. The lowest BCUT2D eigenvalue weighted by molar-refractivity contribution is 0.298. The topological polar surface area (TPSA) is 49.4 Å². The van der Waals surface area contributed by atoms with Gasteiger partial charge in [0, 0.05) is 23.6 Å².